The Morgan fingerprint density at radius 1 is 1.48 bits per heavy atom. The maximum Gasteiger partial charge on any atom is 0.223 e. The number of fused-ring (bicyclic) bond motifs is 1. The summed E-state index contributed by atoms with van der Waals surface area (Å²) in [5, 5.41) is 4.72. The minimum atomic E-state index is 0.0918. The number of hydrogen-bond donors (Lipinski definition) is 2. The third-order valence-corrected chi connectivity index (χ3v) is 5.21. The van der Waals surface area contributed by atoms with Crippen molar-refractivity contribution in [2.45, 2.75) is 31.7 Å². The minimum absolute atomic E-state index is 0.0918. The molecule has 0 radical (unpaired) electrons. The molecule has 1 aliphatic carbocycles. The zero-order valence-electron chi connectivity index (χ0n) is 11.6. The van der Waals surface area contributed by atoms with Gasteiger partial charge in [-0.05, 0) is 37.5 Å². The molecule has 0 aliphatic heterocycles. The van der Waals surface area contributed by atoms with Crippen molar-refractivity contribution in [1.29, 1.82) is 0 Å². The smallest absolute Gasteiger partial charge is 0.223 e. The van der Waals surface area contributed by atoms with Crippen molar-refractivity contribution in [1.82, 2.24) is 10.3 Å². The van der Waals surface area contributed by atoms with E-state index in [-0.39, 0.29) is 17.9 Å². The Bertz CT molecular complexity index is 657. The predicted molar refractivity (Wildman–Crippen MR) is 86.7 cm³/mol. The molecule has 112 valence electrons. The summed E-state index contributed by atoms with van der Waals surface area (Å²) in [5.41, 5.74) is 6.77. The quantitative estimate of drug-likeness (QED) is 0.909. The number of aromatic nitrogens is 1. The molecule has 2 atom stereocenters. The molecule has 1 saturated carbocycles. The van der Waals surface area contributed by atoms with Crippen LogP contribution in [0.5, 0.6) is 0 Å². The second-order valence-corrected chi connectivity index (χ2v) is 7.08. The number of nitrogens with zero attached hydrogens (tertiary/aromatic N) is 1. The molecule has 1 aromatic carbocycles. The highest BCUT2D eigenvalue weighted by Crippen LogP contribution is 2.26. The number of hydrogen-bond acceptors (Lipinski definition) is 4. The van der Waals surface area contributed by atoms with E-state index in [0.29, 0.717) is 11.6 Å². The molecule has 1 aromatic heterocycles. The topological polar surface area (TPSA) is 68.0 Å². The van der Waals surface area contributed by atoms with Gasteiger partial charge in [0.25, 0.3) is 0 Å². The molecule has 0 spiro atoms. The van der Waals surface area contributed by atoms with Crippen LogP contribution < -0.4 is 11.1 Å². The van der Waals surface area contributed by atoms with Gasteiger partial charge in [0.05, 0.1) is 15.2 Å². The van der Waals surface area contributed by atoms with Crippen LogP contribution in [0.1, 0.15) is 24.3 Å². The maximum atomic E-state index is 12.0. The summed E-state index contributed by atoms with van der Waals surface area (Å²) in [6.07, 6.45) is 3.43. The summed E-state index contributed by atoms with van der Waals surface area (Å²) in [5.74, 6) is 0.223. The van der Waals surface area contributed by atoms with Gasteiger partial charge in [0.1, 0.15) is 0 Å². The van der Waals surface area contributed by atoms with Crippen LogP contribution in [0, 0.1) is 5.92 Å². The molecule has 0 bridgehead atoms. The highest BCUT2D eigenvalue weighted by molar-refractivity contribution is 7.18. The summed E-state index contributed by atoms with van der Waals surface area (Å²) < 4.78 is 1.13. The molecule has 1 aliphatic rings. The third kappa shape index (κ3) is 3.54. The lowest BCUT2D eigenvalue weighted by molar-refractivity contribution is -0.124. The van der Waals surface area contributed by atoms with Crippen LogP contribution in [0.3, 0.4) is 0 Å². The van der Waals surface area contributed by atoms with Crippen molar-refractivity contribution in [3.05, 3.63) is 28.2 Å². The number of halogens is 1. The fourth-order valence-corrected chi connectivity index (χ4v) is 3.86. The second kappa shape index (κ2) is 6.30. The maximum absolute atomic E-state index is 12.0. The van der Waals surface area contributed by atoms with Gasteiger partial charge in [0.2, 0.25) is 5.91 Å². The van der Waals surface area contributed by atoms with Crippen molar-refractivity contribution in [2.24, 2.45) is 11.7 Å². The normalized spacial score (nSPS) is 21.8. The van der Waals surface area contributed by atoms with Crippen LogP contribution in [-0.2, 0) is 11.2 Å². The highest BCUT2D eigenvalue weighted by atomic mass is 35.5. The number of benzene rings is 1. The van der Waals surface area contributed by atoms with Crippen LogP contribution in [-0.4, -0.2) is 23.5 Å². The monoisotopic (exact) mass is 323 g/mol. The van der Waals surface area contributed by atoms with E-state index in [9.17, 15) is 4.79 Å². The average molecular weight is 324 g/mol. The Hall–Kier alpha value is -1.17. The summed E-state index contributed by atoms with van der Waals surface area (Å²) in [6, 6.07) is 5.92. The Kier molecular flexibility index (Phi) is 4.42. The van der Waals surface area contributed by atoms with Crippen molar-refractivity contribution < 1.29 is 4.79 Å². The van der Waals surface area contributed by atoms with Gasteiger partial charge in [-0.25, -0.2) is 4.98 Å². The van der Waals surface area contributed by atoms with Crippen LogP contribution in [0.4, 0.5) is 0 Å². The van der Waals surface area contributed by atoms with E-state index in [4.69, 9.17) is 17.3 Å². The van der Waals surface area contributed by atoms with E-state index in [1.54, 1.807) is 11.3 Å². The van der Waals surface area contributed by atoms with E-state index < -0.39 is 0 Å². The molecular formula is C15H18ClN3OS. The zero-order chi connectivity index (χ0) is 14.8. The number of carbonyl (C=O) groups excluding carboxylic acids is 1. The number of nitrogens with one attached hydrogen (secondary N) is 1. The third-order valence-electron chi connectivity index (χ3n) is 3.88. The Balaban J connectivity index is 1.53. The molecule has 6 heteroatoms. The van der Waals surface area contributed by atoms with Crippen molar-refractivity contribution >= 4 is 39.1 Å². The van der Waals surface area contributed by atoms with Gasteiger partial charge in [-0.2, -0.15) is 0 Å². The Morgan fingerprint density at radius 2 is 2.33 bits per heavy atom. The summed E-state index contributed by atoms with van der Waals surface area (Å²) in [6.45, 7) is 0.623. The molecule has 2 aromatic rings. The van der Waals surface area contributed by atoms with E-state index in [1.165, 1.54) is 0 Å². The van der Waals surface area contributed by atoms with E-state index >= 15 is 0 Å². The molecule has 0 saturated heterocycles. The number of amides is 1. The van der Waals surface area contributed by atoms with Gasteiger partial charge >= 0.3 is 0 Å². The number of thiazole rings is 1. The van der Waals surface area contributed by atoms with Crippen molar-refractivity contribution in [2.75, 3.05) is 6.54 Å². The van der Waals surface area contributed by atoms with Gasteiger partial charge in [0, 0.05) is 29.9 Å². The number of carbonyl (C=O) groups is 1. The van der Waals surface area contributed by atoms with E-state index in [0.717, 1.165) is 40.9 Å². The molecule has 21 heavy (non-hydrogen) atoms. The standard InChI is InChI=1S/C15H18ClN3OS/c16-10-2-4-13-12(8-10)19-14(21-13)5-6-18-15(20)9-1-3-11(17)7-9/h2,4,8-9,11H,1,3,5-7,17H2,(H,18,20). The van der Waals surface area contributed by atoms with Crippen molar-refractivity contribution in [3.63, 3.8) is 0 Å². The first-order valence-corrected chi connectivity index (χ1v) is 8.39. The van der Waals surface area contributed by atoms with Crippen LogP contribution in [0.25, 0.3) is 10.2 Å². The lowest BCUT2D eigenvalue weighted by Crippen LogP contribution is -2.31. The van der Waals surface area contributed by atoms with Crippen molar-refractivity contribution in [3.8, 4) is 0 Å². The number of nitrogens with two attached hydrogens (primary N) is 1. The first-order chi connectivity index (χ1) is 10.1. The number of rotatable bonds is 4. The zero-order valence-corrected chi connectivity index (χ0v) is 13.2. The summed E-state index contributed by atoms with van der Waals surface area (Å²) in [7, 11) is 0. The average Bonchev–Trinajstić information content (AvgIpc) is 3.04. The molecule has 4 nitrogen and oxygen atoms in total. The van der Waals surface area contributed by atoms with Gasteiger partial charge in [-0.1, -0.05) is 11.6 Å². The lowest BCUT2D eigenvalue weighted by atomic mass is 10.1. The molecule has 3 rings (SSSR count). The summed E-state index contributed by atoms with van der Waals surface area (Å²) >= 11 is 7.60. The van der Waals surface area contributed by atoms with Gasteiger partial charge in [-0.3, -0.25) is 4.79 Å². The highest BCUT2D eigenvalue weighted by Gasteiger charge is 2.27. The van der Waals surface area contributed by atoms with Gasteiger partial charge < -0.3 is 11.1 Å². The van der Waals surface area contributed by atoms with Crippen LogP contribution in [0.2, 0.25) is 5.02 Å². The van der Waals surface area contributed by atoms with Gasteiger partial charge in [0.15, 0.2) is 0 Å². The Labute approximate surface area is 132 Å². The largest absolute Gasteiger partial charge is 0.355 e. The Morgan fingerprint density at radius 3 is 3.10 bits per heavy atom. The molecule has 2 unspecified atom stereocenters. The molecule has 1 fully saturated rings. The first-order valence-electron chi connectivity index (χ1n) is 7.20. The van der Waals surface area contributed by atoms with E-state index in [2.05, 4.69) is 10.3 Å². The lowest BCUT2D eigenvalue weighted by Gasteiger charge is -2.09. The predicted octanol–water partition coefficient (Wildman–Crippen LogP) is 2.74. The molecule has 1 amide bonds. The minimum Gasteiger partial charge on any atom is -0.355 e. The molecule has 3 N–H and O–H groups in total. The molecular weight excluding hydrogens is 306 g/mol. The van der Waals surface area contributed by atoms with Crippen LogP contribution >= 0.6 is 22.9 Å². The second-order valence-electron chi connectivity index (χ2n) is 5.53. The summed E-state index contributed by atoms with van der Waals surface area (Å²) in [4.78, 5) is 16.5. The SMILES string of the molecule is NC1CCC(C(=O)NCCc2nc3cc(Cl)ccc3s2)C1. The van der Waals surface area contributed by atoms with Gasteiger partial charge in [-0.15, -0.1) is 11.3 Å². The first kappa shape index (κ1) is 14.8. The fraction of sp³-hybridized carbons (Fsp3) is 0.467. The fourth-order valence-electron chi connectivity index (χ4n) is 2.75. The van der Waals surface area contributed by atoms with Crippen LogP contribution in [0.15, 0.2) is 18.2 Å². The van der Waals surface area contributed by atoms with E-state index in [1.807, 2.05) is 18.2 Å². The molecule has 1 heterocycles.